The Hall–Kier alpha value is -2.69. The van der Waals surface area contributed by atoms with E-state index < -0.39 is 5.76 Å². The Morgan fingerprint density at radius 1 is 1.21 bits per heavy atom. The molecule has 4 N–H and O–H groups in total. The van der Waals surface area contributed by atoms with Gasteiger partial charge in [0.1, 0.15) is 0 Å². The topological polar surface area (TPSA) is 84.0 Å². The summed E-state index contributed by atoms with van der Waals surface area (Å²) >= 11 is 0. The van der Waals surface area contributed by atoms with Crippen molar-refractivity contribution in [2.45, 2.75) is 6.54 Å². The summed E-state index contributed by atoms with van der Waals surface area (Å²) in [7, 11) is 0. The van der Waals surface area contributed by atoms with Crippen molar-refractivity contribution in [3.05, 3.63) is 58.6 Å². The lowest BCUT2D eigenvalue weighted by atomic mass is 10.2. The lowest BCUT2D eigenvalue weighted by Gasteiger charge is -2.08. The second-order valence-corrected chi connectivity index (χ2v) is 4.28. The van der Waals surface area contributed by atoms with Gasteiger partial charge in [-0.25, -0.2) is 4.79 Å². The van der Waals surface area contributed by atoms with Crippen molar-refractivity contribution in [1.29, 1.82) is 0 Å². The Bertz CT molecular complexity index is 773. The maximum absolute atomic E-state index is 11.1. The molecule has 0 radical (unpaired) electrons. The summed E-state index contributed by atoms with van der Waals surface area (Å²) < 4.78 is 4.95. The van der Waals surface area contributed by atoms with Crippen molar-refractivity contribution in [2.24, 2.45) is 0 Å². The van der Waals surface area contributed by atoms with Crippen molar-refractivity contribution >= 4 is 22.5 Å². The van der Waals surface area contributed by atoms with Gasteiger partial charge in [-0.3, -0.25) is 4.98 Å². The molecule has 3 rings (SSSR count). The van der Waals surface area contributed by atoms with Crippen LogP contribution in [0, 0.1) is 0 Å². The number of rotatable bonds is 3. The van der Waals surface area contributed by atoms with Gasteiger partial charge in [-0.05, 0) is 29.8 Å². The first-order chi connectivity index (χ1) is 9.22. The molecule has 0 aliphatic rings. The number of hydrogen-bond acceptors (Lipinski definition) is 4. The van der Waals surface area contributed by atoms with Crippen LogP contribution in [-0.4, -0.2) is 4.98 Å². The smallest absolute Gasteiger partial charge is 0.408 e. The summed E-state index contributed by atoms with van der Waals surface area (Å²) in [6.07, 6.45) is 0. The molecule has 0 bridgehead atoms. The number of anilines is 2. The van der Waals surface area contributed by atoms with Crippen LogP contribution in [0.5, 0.6) is 0 Å². The molecule has 0 unspecified atom stereocenters. The van der Waals surface area contributed by atoms with E-state index >= 15 is 0 Å². The summed E-state index contributed by atoms with van der Waals surface area (Å²) in [5.74, 6) is -0.445. The predicted octanol–water partition coefficient (Wildman–Crippen LogP) is 2.32. The minimum atomic E-state index is -0.445. The number of fused-ring (bicyclic) bond motifs is 1. The zero-order valence-corrected chi connectivity index (χ0v) is 10.1. The van der Waals surface area contributed by atoms with Crippen LogP contribution in [0.2, 0.25) is 0 Å². The van der Waals surface area contributed by atoms with Crippen LogP contribution in [0.1, 0.15) is 5.56 Å². The Labute approximate surface area is 109 Å². The van der Waals surface area contributed by atoms with E-state index in [9.17, 15) is 4.79 Å². The Balaban J connectivity index is 1.82. The van der Waals surface area contributed by atoms with Crippen LogP contribution >= 0.6 is 0 Å². The second kappa shape index (κ2) is 4.53. The number of H-pyrrole nitrogens is 1. The first-order valence-electron chi connectivity index (χ1n) is 5.92. The molecule has 0 aliphatic carbocycles. The van der Waals surface area contributed by atoms with Crippen LogP contribution in [0.4, 0.5) is 11.4 Å². The summed E-state index contributed by atoms with van der Waals surface area (Å²) in [6.45, 7) is 0.625. The van der Waals surface area contributed by atoms with E-state index in [0.29, 0.717) is 17.6 Å². The fraction of sp³-hybridized carbons (Fsp3) is 0.0714. The lowest BCUT2D eigenvalue weighted by molar-refractivity contribution is 0.555. The number of para-hydroxylation sites is 1. The molecule has 2 aromatic carbocycles. The number of nitrogens with one attached hydrogen (secondary N) is 2. The van der Waals surface area contributed by atoms with E-state index in [-0.39, 0.29) is 0 Å². The third-order valence-electron chi connectivity index (χ3n) is 2.96. The highest BCUT2D eigenvalue weighted by Gasteiger charge is 2.02. The molecule has 19 heavy (non-hydrogen) atoms. The molecule has 0 aliphatic heterocycles. The van der Waals surface area contributed by atoms with Gasteiger partial charge in [-0.2, -0.15) is 0 Å². The fourth-order valence-corrected chi connectivity index (χ4v) is 1.95. The quantitative estimate of drug-likeness (QED) is 0.627. The lowest BCUT2D eigenvalue weighted by Crippen LogP contribution is -2.02. The Morgan fingerprint density at radius 3 is 2.89 bits per heavy atom. The van der Waals surface area contributed by atoms with Gasteiger partial charge in [0.05, 0.1) is 5.52 Å². The average Bonchev–Trinajstić information content (AvgIpc) is 2.77. The maximum atomic E-state index is 11.1. The van der Waals surface area contributed by atoms with Gasteiger partial charge in [0.25, 0.3) is 0 Å². The SMILES string of the molecule is Nc1ccccc1CNc1ccc2oc(=O)[nH]c2c1. The summed E-state index contributed by atoms with van der Waals surface area (Å²) in [4.78, 5) is 13.7. The Morgan fingerprint density at radius 2 is 2.05 bits per heavy atom. The first kappa shape index (κ1) is 11.4. The van der Waals surface area contributed by atoms with Crippen molar-refractivity contribution in [3.8, 4) is 0 Å². The minimum Gasteiger partial charge on any atom is -0.408 e. The normalized spacial score (nSPS) is 10.7. The van der Waals surface area contributed by atoms with Crippen LogP contribution in [0.25, 0.3) is 11.1 Å². The number of hydrogen-bond donors (Lipinski definition) is 3. The van der Waals surface area contributed by atoms with Gasteiger partial charge in [0.15, 0.2) is 5.58 Å². The highest BCUT2D eigenvalue weighted by molar-refractivity contribution is 5.76. The maximum Gasteiger partial charge on any atom is 0.417 e. The van der Waals surface area contributed by atoms with Crippen molar-refractivity contribution < 1.29 is 4.42 Å². The number of nitrogens with two attached hydrogens (primary N) is 1. The molecule has 96 valence electrons. The third kappa shape index (κ3) is 2.30. The molecule has 0 saturated heterocycles. The molecular formula is C14H13N3O2. The second-order valence-electron chi connectivity index (χ2n) is 4.28. The molecule has 0 atom stereocenters. The molecule has 3 aromatic rings. The third-order valence-corrected chi connectivity index (χ3v) is 2.96. The molecule has 0 amide bonds. The van der Waals surface area contributed by atoms with Crippen molar-refractivity contribution in [1.82, 2.24) is 4.98 Å². The molecule has 1 aromatic heterocycles. The van der Waals surface area contributed by atoms with Gasteiger partial charge in [0, 0.05) is 17.9 Å². The van der Waals surface area contributed by atoms with E-state index in [4.69, 9.17) is 10.2 Å². The largest absolute Gasteiger partial charge is 0.417 e. The summed E-state index contributed by atoms with van der Waals surface area (Å²) in [5, 5.41) is 3.26. The first-order valence-corrected chi connectivity index (χ1v) is 5.92. The average molecular weight is 255 g/mol. The van der Waals surface area contributed by atoms with E-state index in [1.807, 2.05) is 36.4 Å². The van der Waals surface area contributed by atoms with Crippen LogP contribution in [0.3, 0.4) is 0 Å². The van der Waals surface area contributed by atoms with Gasteiger partial charge in [-0.1, -0.05) is 18.2 Å². The number of benzene rings is 2. The van der Waals surface area contributed by atoms with E-state index in [1.54, 1.807) is 6.07 Å². The summed E-state index contributed by atoms with van der Waals surface area (Å²) in [5.41, 5.74) is 9.79. The fourth-order valence-electron chi connectivity index (χ4n) is 1.95. The summed E-state index contributed by atoms with van der Waals surface area (Å²) in [6, 6.07) is 13.1. The van der Waals surface area contributed by atoms with Crippen LogP contribution in [0.15, 0.2) is 51.7 Å². The number of aromatic amines is 1. The molecule has 1 heterocycles. The predicted molar refractivity (Wildman–Crippen MR) is 75.0 cm³/mol. The minimum absolute atomic E-state index is 0.445. The van der Waals surface area contributed by atoms with Crippen LogP contribution < -0.4 is 16.8 Å². The molecule has 0 spiro atoms. The van der Waals surface area contributed by atoms with E-state index in [2.05, 4.69) is 10.3 Å². The molecule has 0 fully saturated rings. The highest BCUT2D eigenvalue weighted by Crippen LogP contribution is 2.18. The molecule has 5 heteroatoms. The zero-order valence-electron chi connectivity index (χ0n) is 10.1. The van der Waals surface area contributed by atoms with Crippen molar-refractivity contribution in [3.63, 3.8) is 0 Å². The van der Waals surface area contributed by atoms with E-state index in [0.717, 1.165) is 16.9 Å². The van der Waals surface area contributed by atoms with Crippen molar-refractivity contribution in [2.75, 3.05) is 11.1 Å². The molecule has 5 nitrogen and oxygen atoms in total. The van der Waals surface area contributed by atoms with Gasteiger partial charge >= 0.3 is 5.76 Å². The number of aromatic nitrogens is 1. The molecular weight excluding hydrogens is 242 g/mol. The molecule has 0 saturated carbocycles. The monoisotopic (exact) mass is 255 g/mol. The van der Waals surface area contributed by atoms with Gasteiger partial charge < -0.3 is 15.5 Å². The van der Waals surface area contributed by atoms with Crippen LogP contribution in [-0.2, 0) is 6.54 Å². The highest BCUT2D eigenvalue weighted by atomic mass is 16.4. The number of oxazole rings is 1. The Kier molecular flexibility index (Phi) is 2.72. The number of nitrogen functional groups attached to an aromatic ring is 1. The van der Waals surface area contributed by atoms with Gasteiger partial charge in [0.2, 0.25) is 0 Å². The zero-order chi connectivity index (χ0) is 13.2. The van der Waals surface area contributed by atoms with Gasteiger partial charge in [-0.15, -0.1) is 0 Å². The van der Waals surface area contributed by atoms with E-state index in [1.165, 1.54) is 0 Å². The standard InChI is InChI=1S/C14H13N3O2/c15-11-4-2-1-3-9(11)8-16-10-5-6-13-12(7-10)17-14(18)19-13/h1-7,16H,8,15H2,(H,17,18).